The number of para-hydroxylation sites is 2. The number of hydrogen-bond donors (Lipinski definition) is 2. The Morgan fingerprint density at radius 3 is 2.48 bits per heavy atom. The van der Waals surface area contributed by atoms with Crippen molar-refractivity contribution in [3.63, 3.8) is 0 Å². The fraction of sp³-hybridized carbons (Fsp3) is 0.200. The van der Waals surface area contributed by atoms with Gasteiger partial charge in [-0.25, -0.2) is 9.78 Å². The van der Waals surface area contributed by atoms with Crippen LogP contribution in [0.4, 0.5) is 10.5 Å². The van der Waals surface area contributed by atoms with E-state index >= 15 is 0 Å². The van der Waals surface area contributed by atoms with E-state index < -0.39 is 0 Å². The van der Waals surface area contributed by atoms with Crippen LogP contribution in [-0.2, 0) is 6.54 Å². The Balaban J connectivity index is 1.44. The van der Waals surface area contributed by atoms with Gasteiger partial charge in [0.25, 0.3) is 0 Å². The molecule has 6 heteroatoms. The van der Waals surface area contributed by atoms with E-state index in [9.17, 15) is 4.79 Å². The summed E-state index contributed by atoms with van der Waals surface area (Å²) in [4.78, 5) is 17.2. The number of nitrogens with zero attached hydrogens (tertiary/aromatic N) is 2. The predicted molar refractivity (Wildman–Crippen MR) is 125 cm³/mol. The Hall–Kier alpha value is -3.80. The van der Waals surface area contributed by atoms with Gasteiger partial charge in [-0.3, -0.25) is 0 Å². The minimum atomic E-state index is -0.245. The summed E-state index contributed by atoms with van der Waals surface area (Å²) in [7, 11) is 0. The number of aromatic nitrogens is 2. The third-order valence-corrected chi connectivity index (χ3v) is 5.01. The molecule has 2 amide bonds. The molecule has 4 aromatic rings. The van der Waals surface area contributed by atoms with Crippen molar-refractivity contribution in [3.8, 4) is 17.1 Å². The van der Waals surface area contributed by atoms with Crippen LogP contribution >= 0.6 is 0 Å². The molecule has 0 aliphatic heterocycles. The monoisotopic (exact) mass is 414 g/mol. The molecule has 1 aromatic heterocycles. The van der Waals surface area contributed by atoms with Crippen molar-refractivity contribution in [2.45, 2.75) is 20.4 Å². The Bertz CT molecular complexity index is 1160. The fourth-order valence-electron chi connectivity index (χ4n) is 3.48. The molecule has 0 spiro atoms. The van der Waals surface area contributed by atoms with Gasteiger partial charge in [-0.15, -0.1) is 0 Å². The van der Waals surface area contributed by atoms with Crippen molar-refractivity contribution in [3.05, 3.63) is 78.4 Å². The minimum Gasteiger partial charge on any atom is -0.494 e. The first-order valence-corrected chi connectivity index (χ1v) is 10.4. The van der Waals surface area contributed by atoms with Crippen molar-refractivity contribution < 1.29 is 9.53 Å². The van der Waals surface area contributed by atoms with Gasteiger partial charge in [-0.05, 0) is 50.2 Å². The topological polar surface area (TPSA) is 68.2 Å². The number of aryl methyl sites for hydroxylation is 1. The second-order valence-corrected chi connectivity index (χ2v) is 7.28. The highest BCUT2D eigenvalue weighted by atomic mass is 16.5. The lowest BCUT2D eigenvalue weighted by atomic mass is 10.1. The number of ether oxygens (including phenoxy) is 1. The maximum atomic E-state index is 12.3. The number of amides is 2. The smallest absolute Gasteiger partial charge is 0.319 e. The molecule has 6 nitrogen and oxygen atoms in total. The van der Waals surface area contributed by atoms with Gasteiger partial charge in [0.2, 0.25) is 0 Å². The zero-order valence-electron chi connectivity index (χ0n) is 17.8. The summed E-state index contributed by atoms with van der Waals surface area (Å²) in [5, 5.41) is 5.78. The summed E-state index contributed by atoms with van der Waals surface area (Å²) in [6, 6.07) is 23.5. The second kappa shape index (κ2) is 9.34. The zero-order chi connectivity index (χ0) is 21.6. The van der Waals surface area contributed by atoms with Gasteiger partial charge in [0, 0.05) is 24.3 Å². The Morgan fingerprint density at radius 2 is 1.74 bits per heavy atom. The number of carbonyl (C=O) groups excluding carboxylic acids is 1. The lowest BCUT2D eigenvalue weighted by Crippen LogP contribution is -2.31. The molecular weight excluding hydrogens is 388 g/mol. The van der Waals surface area contributed by atoms with Gasteiger partial charge in [-0.2, -0.15) is 0 Å². The van der Waals surface area contributed by atoms with Crippen LogP contribution < -0.4 is 15.4 Å². The number of hydrogen-bond acceptors (Lipinski definition) is 3. The van der Waals surface area contributed by atoms with Gasteiger partial charge >= 0.3 is 6.03 Å². The van der Waals surface area contributed by atoms with E-state index in [0.717, 1.165) is 33.9 Å². The highest BCUT2D eigenvalue weighted by molar-refractivity contribution is 5.89. The maximum absolute atomic E-state index is 12.3. The normalized spacial score (nSPS) is 10.8. The largest absolute Gasteiger partial charge is 0.494 e. The highest BCUT2D eigenvalue weighted by Crippen LogP contribution is 2.25. The maximum Gasteiger partial charge on any atom is 0.319 e. The third kappa shape index (κ3) is 4.86. The summed E-state index contributed by atoms with van der Waals surface area (Å²) in [6.45, 7) is 5.70. The molecule has 0 saturated carbocycles. The summed E-state index contributed by atoms with van der Waals surface area (Å²) >= 11 is 0. The molecule has 0 radical (unpaired) electrons. The van der Waals surface area contributed by atoms with Crippen LogP contribution in [0.5, 0.6) is 5.75 Å². The molecule has 31 heavy (non-hydrogen) atoms. The van der Waals surface area contributed by atoms with E-state index in [2.05, 4.69) is 52.5 Å². The second-order valence-electron chi connectivity index (χ2n) is 7.28. The van der Waals surface area contributed by atoms with E-state index in [1.54, 1.807) is 0 Å². The molecule has 4 rings (SSSR count). The molecule has 0 bridgehead atoms. The number of carbonyl (C=O) groups is 1. The molecule has 3 aromatic carbocycles. The van der Waals surface area contributed by atoms with Gasteiger partial charge in [0.15, 0.2) is 0 Å². The van der Waals surface area contributed by atoms with Crippen LogP contribution in [0.2, 0.25) is 0 Å². The SMILES string of the molecule is CCOc1ccc(NC(=O)NCCn2c(-c3ccc(C)cc3)nc3ccccc32)cc1. The molecule has 1 heterocycles. The molecule has 2 N–H and O–H groups in total. The molecular formula is C25H26N4O2. The molecule has 0 unspecified atom stereocenters. The third-order valence-electron chi connectivity index (χ3n) is 5.01. The number of rotatable bonds is 7. The lowest BCUT2D eigenvalue weighted by molar-refractivity contribution is 0.251. The standard InChI is InChI=1S/C25H26N4O2/c1-3-31-21-14-12-20(13-15-21)27-25(30)26-16-17-29-23-7-5-4-6-22(23)28-24(29)19-10-8-18(2)9-11-19/h4-15H,3,16-17H2,1-2H3,(H2,26,27,30). The number of nitrogens with one attached hydrogen (secondary N) is 2. The molecule has 158 valence electrons. The van der Waals surface area contributed by atoms with Crippen LogP contribution in [-0.4, -0.2) is 28.7 Å². The van der Waals surface area contributed by atoms with Gasteiger partial charge in [-0.1, -0.05) is 42.0 Å². The van der Waals surface area contributed by atoms with Crippen LogP contribution in [0.1, 0.15) is 12.5 Å². The van der Waals surface area contributed by atoms with Gasteiger partial charge < -0.3 is 19.9 Å². The molecule has 0 fully saturated rings. The van der Waals surface area contributed by atoms with E-state index in [0.29, 0.717) is 19.7 Å². The first kappa shape index (κ1) is 20.5. The van der Waals surface area contributed by atoms with Crippen molar-refractivity contribution in [2.24, 2.45) is 0 Å². The quantitative estimate of drug-likeness (QED) is 0.435. The molecule has 0 atom stereocenters. The van der Waals surface area contributed by atoms with Crippen LogP contribution in [0.25, 0.3) is 22.4 Å². The number of fused-ring (bicyclic) bond motifs is 1. The summed E-state index contributed by atoms with van der Waals surface area (Å²) in [5.41, 5.74) is 4.97. The number of benzene rings is 3. The summed E-state index contributed by atoms with van der Waals surface area (Å²) < 4.78 is 7.57. The number of urea groups is 1. The summed E-state index contributed by atoms with van der Waals surface area (Å²) in [6.07, 6.45) is 0. The van der Waals surface area contributed by atoms with Crippen molar-refractivity contribution in [1.29, 1.82) is 0 Å². The minimum absolute atomic E-state index is 0.245. The van der Waals surface area contributed by atoms with E-state index in [1.165, 1.54) is 5.56 Å². The first-order valence-electron chi connectivity index (χ1n) is 10.4. The lowest BCUT2D eigenvalue weighted by Gasteiger charge is -2.12. The van der Waals surface area contributed by atoms with Gasteiger partial charge in [0.05, 0.1) is 17.6 Å². The van der Waals surface area contributed by atoms with Crippen LogP contribution in [0.3, 0.4) is 0 Å². The van der Waals surface area contributed by atoms with Crippen LogP contribution in [0, 0.1) is 6.92 Å². The van der Waals surface area contributed by atoms with E-state index in [4.69, 9.17) is 9.72 Å². The number of anilines is 1. The predicted octanol–water partition coefficient (Wildman–Crippen LogP) is 5.23. The van der Waals surface area contributed by atoms with Crippen molar-refractivity contribution >= 4 is 22.8 Å². The highest BCUT2D eigenvalue weighted by Gasteiger charge is 2.12. The molecule has 0 saturated heterocycles. The Kier molecular flexibility index (Phi) is 6.17. The zero-order valence-corrected chi connectivity index (χ0v) is 17.8. The van der Waals surface area contributed by atoms with Gasteiger partial charge in [0.1, 0.15) is 11.6 Å². The Labute approximate surface area is 181 Å². The average Bonchev–Trinajstić information content (AvgIpc) is 3.14. The molecule has 0 aliphatic carbocycles. The average molecular weight is 415 g/mol. The summed E-state index contributed by atoms with van der Waals surface area (Å²) in [5.74, 6) is 1.68. The van der Waals surface area contributed by atoms with Crippen molar-refractivity contribution in [1.82, 2.24) is 14.9 Å². The first-order chi connectivity index (χ1) is 15.1. The van der Waals surface area contributed by atoms with Crippen molar-refractivity contribution in [2.75, 3.05) is 18.5 Å². The van der Waals surface area contributed by atoms with Crippen LogP contribution in [0.15, 0.2) is 72.8 Å². The Morgan fingerprint density at radius 1 is 1.00 bits per heavy atom. The van der Waals surface area contributed by atoms with E-state index in [1.807, 2.05) is 49.4 Å². The molecule has 0 aliphatic rings. The number of imidazole rings is 1. The van der Waals surface area contributed by atoms with E-state index in [-0.39, 0.29) is 6.03 Å². The fourth-order valence-corrected chi connectivity index (χ4v) is 3.48.